The Labute approximate surface area is 107 Å². The van der Waals surface area contributed by atoms with Crippen LogP contribution in [0.1, 0.15) is 27.2 Å². The maximum Gasteiger partial charge on any atom is 0.407 e. The Morgan fingerprint density at radius 2 is 1.94 bits per heavy atom. The van der Waals surface area contributed by atoms with E-state index in [-0.39, 0.29) is 17.9 Å². The lowest BCUT2D eigenvalue weighted by molar-refractivity contribution is -0.146. The molecule has 0 aromatic rings. The van der Waals surface area contributed by atoms with E-state index in [2.05, 4.69) is 10.6 Å². The second-order valence-electron chi connectivity index (χ2n) is 5.46. The summed E-state index contributed by atoms with van der Waals surface area (Å²) in [4.78, 5) is 23.0. The summed E-state index contributed by atoms with van der Waals surface area (Å²) < 4.78 is 9.87. The number of carbonyl (C=O) groups is 2. The third-order valence-electron chi connectivity index (χ3n) is 2.61. The smallest absolute Gasteiger partial charge is 0.407 e. The summed E-state index contributed by atoms with van der Waals surface area (Å²) >= 11 is 0. The van der Waals surface area contributed by atoms with Gasteiger partial charge in [0.1, 0.15) is 5.60 Å². The number of ether oxygens (including phenoxy) is 2. The normalized spacial score (nSPS) is 24.2. The lowest BCUT2D eigenvalue weighted by Gasteiger charge is -2.30. The zero-order valence-electron chi connectivity index (χ0n) is 11.4. The van der Waals surface area contributed by atoms with Gasteiger partial charge in [0.25, 0.3) is 0 Å². The number of hydrogen-bond acceptors (Lipinski definition) is 5. The number of piperidine rings is 1. The van der Waals surface area contributed by atoms with E-state index >= 15 is 0 Å². The predicted molar refractivity (Wildman–Crippen MR) is 66.2 cm³/mol. The van der Waals surface area contributed by atoms with E-state index in [0.717, 1.165) is 0 Å². The van der Waals surface area contributed by atoms with Crippen LogP contribution in [0.3, 0.4) is 0 Å². The van der Waals surface area contributed by atoms with Crippen LogP contribution in [0.15, 0.2) is 0 Å². The number of methoxy groups -OCH3 is 1. The summed E-state index contributed by atoms with van der Waals surface area (Å²) in [6.45, 7) is 6.64. The molecule has 0 spiro atoms. The van der Waals surface area contributed by atoms with Crippen LogP contribution in [-0.4, -0.2) is 43.9 Å². The molecular formula is C12H22N2O4. The molecule has 2 N–H and O–H groups in total. The molecule has 1 amide bonds. The molecule has 6 nitrogen and oxygen atoms in total. The van der Waals surface area contributed by atoms with Crippen molar-refractivity contribution in [3.05, 3.63) is 0 Å². The van der Waals surface area contributed by atoms with Crippen molar-refractivity contribution in [2.75, 3.05) is 20.2 Å². The van der Waals surface area contributed by atoms with E-state index < -0.39 is 11.7 Å². The fourth-order valence-corrected chi connectivity index (χ4v) is 1.87. The van der Waals surface area contributed by atoms with Crippen LogP contribution in [-0.2, 0) is 14.3 Å². The van der Waals surface area contributed by atoms with Gasteiger partial charge in [0.05, 0.1) is 13.0 Å². The number of amides is 1. The second kappa shape index (κ2) is 6.04. The van der Waals surface area contributed by atoms with E-state index in [0.29, 0.717) is 19.5 Å². The molecule has 1 rings (SSSR count). The van der Waals surface area contributed by atoms with Gasteiger partial charge in [-0.3, -0.25) is 4.79 Å². The maximum atomic E-state index is 11.6. The molecule has 0 radical (unpaired) electrons. The van der Waals surface area contributed by atoms with Crippen LogP contribution in [0.2, 0.25) is 0 Å². The molecule has 1 fully saturated rings. The van der Waals surface area contributed by atoms with Crippen LogP contribution in [0, 0.1) is 5.92 Å². The first-order valence-electron chi connectivity index (χ1n) is 6.10. The van der Waals surface area contributed by atoms with E-state index in [9.17, 15) is 9.59 Å². The summed E-state index contributed by atoms with van der Waals surface area (Å²) in [5.74, 6) is -0.470. The summed E-state index contributed by atoms with van der Waals surface area (Å²) in [5, 5.41) is 5.85. The molecule has 0 saturated carbocycles. The first kappa shape index (κ1) is 14.8. The van der Waals surface area contributed by atoms with Crippen molar-refractivity contribution < 1.29 is 19.1 Å². The molecule has 0 aliphatic carbocycles. The van der Waals surface area contributed by atoms with Crippen molar-refractivity contribution in [1.29, 1.82) is 0 Å². The van der Waals surface area contributed by atoms with Gasteiger partial charge in [0.2, 0.25) is 0 Å². The van der Waals surface area contributed by atoms with Crippen LogP contribution in [0.4, 0.5) is 4.79 Å². The minimum atomic E-state index is -0.520. The van der Waals surface area contributed by atoms with Crippen molar-refractivity contribution in [3.8, 4) is 0 Å². The summed E-state index contributed by atoms with van der Waals surface area (Å²) in [6.07, 6.45) is 0.110. The number of esters is 1. The molecule has 0 unspecified atom stereocenters. The Bertz CT molecular complexity index is 312. The zero-order chi connectivity index (χ0) is 13.8. The molecule has 1 aliphatic rings. The molecule has 0 aromatic heterocycles. The molecule has 1 saturated heterocycles. The number of hydrogen-bond donors (Lipinski definition) is 2. The molecule has 0 bridgehead atoms. The van der Waals surface area contributed by atoms with Gasteiger partial charge in [-0.25, -0.2) is 4.79 Å². The van der Waals surface area contributed by atoms with Crippen molar-refractivity contribution >= 4 is 12.1 Å². The highest BCUT2D eigenvalue weighted by atomic mass is 16.6. The Morgan fingerprint density at radius 1 is 1.28 bits per heavy atom. The van der Waals surface area contributed by atoms with E-state index in [1.165, 1.54) is 7.11 Å². The van der Waals surface area contributed by atoms with Gasteiger partial charge in [-0.1, -0.05) is 0 Å². The highest BCUT2D eigenvalue weighted by Crippen LogP contribution is 2.13. The highest BCUT2D eigenvalue weighted by molar-refractivity contribution is 5.73. The van der Waals surface area contributed by atoms with Crippen LogP contribution >= 0.6 is 0 Å². The first-order chi connectivity index (χ1) is 8.31. The molecule has 1 heterocycles. The van der Waals surface area contributed by atoms with Crippen molar-refractivity contribution in [3.63, 3.8) is 0 Å². The van der Waals surface area contributed by atoms with Crippen LogP contribution in [0.5, 0.6) is 0 Å². The standard InChI is InChI=1S/C12H22N2O4/c1-12(2,3)18-11(16)14-9-5-8(6-13-7-9)10(15)17-4/h8-9,13H,5-7H2,1-4H3,(H,14,16)/t8-,9+/m0/s1. The molecule has 6 heteroatoms. The lowest BCUT2D eigenvalue weighted by Crippen LogP contribution is -2.51. The maximum absolute atomic E-state index is 11.6. The summed E-state index contributed by atoms with van der Waals surface area (Å²) in [5.41, 5.74) is -0.520. The minimum absolute atomic E-state index is 0.113. The average molecular weight is 258 g/mol. The lowest BCUT2D eigenvalue weighted by atomic mass is 9.96. The topological polar surface area (TPSA) is 76.7 Å². The van der Waals surface area contributed by atoms with Gasteiger partial charge in [-0.05, 0) is 27.2 Å². The third-order valence-corrected chi connectivity index (χ3v) is 2.61. The molecule has 104 valence electrons. The van der Waals surface area contributed by atoms with Gasteiger partial charge >= 0.3 is 12.1 Å². The van der Waals surface area contributed by atoms with E-state index in [1.54, 1.807) is 0 Å². The molecule has 0 aromatic carbocycles. The molecule has 2 atom stereocenters. The van der Waals surface area contributed by atoms with Crippen molar-refractivity contribution in [2.45, 2.75) is 38.8 Å². The first-order valence-corrected chi connectivity index (χ1v) is 6.10. The molecule has 1 aliphatic heterocycles. The largest absolute Gasteiger partial charge is 0.469 e. The van der Waals surface area contributed by atoms with Gasteiger partial charge < -0.3 is 20.1 Å². The van der Waals surface area contributed by atoms with E-state index in [4.69, 9.17) is 9.47 Å². The van der Waals surface area contributed by atoms with Gasteiger partial charge in [-0.15, -0.1) is 0 Å². The Kier molecular flexibility index (Phi) is 4.95. The Balaban J connectivity index is 2.43. The second-order valence-corrected chi connectivity index (χ2v) is 5.46. The predicted octanol–water partition coefficient (Wildman–Crippen LogP) is 0.662. The average Bonchev–Trinajstić information content (AvgIpc) is 2.25. The highest BCUT2D eigenvalue weighted by Gasteiger charge is 2.29. The van der Waals surface area contributed by atoms with Crippen LogP contribution < -0.4 is 10.6 Å². The van der Waals surface area contributed by atoms with E-state index in [1.807, 2.05) is 20.8 Å². The molecule has 18 heavy (non-hydrogen) atoms. The fourth-order valence-electron chi connectivity index (χ4n) is 1.87. The van der Waals surface area contributed by atoms with Gasteiger partial charge in [0, 0.05) is 19.1 Å². The minimum Gasteiger partial charge on any atom is -0.469 e. The fraction of sp³-hybridized carbons (Fsp3) is 0.833. The molecular weight excluding hydrogens is 236 g/mol. The zero-order valence-corrected chi connectivity index (χ0v) is 11.4. The van der Waals surface area contributed by atoms with Crippen molar-refractivity contribution in [1.82, 2.24) is 10.6 Å². The Morgan fingerprint density at radius 3 is 2.50 bits per heavy atom. The number of rotatable bonds is 2. The third kappa shape index (κ3) is 4.91. The summed E-state index contributed by atoms with van der Waals surface area (Å²) in [7, 11) is 1.37. The van der Waals surface area contributed by atoms with Crippen molar-refractivity contribution in [2.24, 2.45) is 5.92 Å². The monoisotopic (exact) mass is 258 g/mol. The number of alkyl carbamates (subject to hydrolysis) is 1. The number of nitrogens with one attached hydrogen (secondary N) is 2. The quantitative estimate of drug-likeness (QED) is 0.712. The summed E-state index contributed by atoms with van der Waals surface area (Å²) in [6, 6.07) is -0.113. The van der Waals surface area contributed by atoms with Crippen LogP contribution in [0.25, 0.3) is 0 Å². The van der Waals surface area contributed by atoms with Gasteiger partial charge in [0.15, 0.2) is 0 Å². The SMILES string of the molecule is COC(=O)[C@@H]1CNC[C@H](NC(=O)OC(C)(C)C)C1. The van der Waals surface area contributed by atoms with Gasteiger partial charge in [-0.2, -0.15) is 0 Å². The number of carbonyl (C=O) groups excluding carboxylic acids is 2. The Hall–Kier alpha value is -1.30.